The molecule has 3 rings (SSSR count). The van der Waals surface area contributed by atoms with E-state index in [2.05, 4.69) is 15.1 Å². The van der Waals surface area contributed by atoms with Gasteiger partial charge in [-0.1, -0.05) is 16.6 Å². The number of aromatic nitrogens is 5. The van der Waals surface area contributed by atoms with Gasteiger partial charge in [0.1, 0.15) is 12.2 Å². The number of rotatable bonds is 3. The Balaban J connectivity index is 1.89. The van der Waals surface area contributed by atoms with Crippen LogP contribution in [0.15, 0.2) is 30.9 Å². The Kier molecular flexibility index (Phi) is 2.64. The van der Waals surface area contributed by atoms with Crippen molar-refractivity contribution in [3.8, 4) is 0 Å². The van der Waals surface area contributed by atoms with Crippen LogP contribution < -0.4 is 0 Å². The molecule has 0 fully saturated rings. The molecule has 0 amide bonds. The largest absolute Gasteiger partial charge is 0.490 e. The standard InChI is InChI=1S/C10H7ClN6O2/c11-7-1-2-9-13-8(4-15(9)3-7)5-16-6-12-10(14-16)17(18)19/h1-4,6H,5H2. The quantitative estimate of drug-likeness (QED) is 0.535. The molecule has 0 spiro atoms. The van der Waals surface area contributed by atoms with Crippen LogP contribution in [0.2, 0.25) is 5.02 Å². The average molecular weight is 279 g/mol. The summed E-state index contributed by atoms with van der Waals surface area (Å²) in [6.07, 6.45) is 4.82. The molecular formula is C10H7ClN6O2. The minimum Gasteiger partial charge on any atom is -0.390 e. The highest BCUT2D eigenvalue weighted by atomic mass is 35.5. The summed E-state index contributed by atoms with van der Waals surface area (Å²) >= 11 is 5.88. The Morgan fingerprint density at radius 1 is 1.37 bits per heavy atom. The number of imidazole rings is 1. The van der Waals surface area contributed by atoms with Gasteiger partial charge in [0.05, 0.1) is 10.7 Å². The second-order valence-electron chi connectivity index (χ2n) is 3.84. The lowest BCUT2D eigenvalue weighted by Crippen LogP contribution is -2.01. The molecular weight excluding hydrogens is 272 g/mol. The third-order valence-electron chi connectivity index (χ3n) is 2.48. The molecule has 9 heteroatoms. The van der Waals surface area contributed by atoms with Gasteiger partial charge in [0.15, 0.2) is 0 Å². The molecule has 3 aromatic rings. The molecule has 0 aliphatic heterocycles. The van der Waals surface area contributed by atoms with E-state index in [9.17, 15) is 10.1 Å². The zero-order valence-electron chi connectivity index (χ0n) is 9.47. The van der Waals surface area contributed by atoms with E-state index in [4.69, 9.17) is 11.6 Å². The molecule has 0 saturated heterocycles. The predicted octanol–water partition coefficient (Wildman–Crippen LogP) is 1.54. The zero-order valence-corrected chi connectivity index (χ0v) is 10.2. The van der Waals surface area contributed by atoms with E-state index in [0.717, 1.165) is 5.65 Å². The number of hydrogen-bond acceptors (Lipinski definition) is 5. The molecule has 19 heavy (non-hydrogen) atoms. The predicted molar refractivity (Wildman–Crippen MR) is 66.0 cm³/mol. The van der Waals surface area contributed by atoms with Gasteiger partial charge in [-0.25, -0.2) is 4.98 Å². The minimum atomic E-state index is -0.639. The molecule has 3 aromatic heterocycles. The number of fused-ring (bicyclic) bond motifs is 1. The Hall–Kier alpha value is -2.48. The van der Waals surface area contributed by atoms with Gasteiger partial charge in [-0.2, -0.15) is 4.68 Å². The molecule has 0 aliphatic carbocycles. The Morgan fingerprint density at radius 2 is 2.21 bits per heavy atom. The molecule has 3 heterocycles. The van der Waals surface area contributed by atoms with Gasteiger partial charge in [-0.15, -0.1) is 0 Å². The van der Waals surface area contributed by atoms with Crippen LogP contribution in [0.3, 0.4) is 0 Å². The number of hydrogen-bond donors (Lipinski definition) is 0. The highest BCUT2D eigenvalue weighted by Gasteiger charge is 2.14. The Morgan fingerprint density at radius 3 is 2.95 bits per heavy atom. The van der Waals surface area contributed by atoms with E-state index in [0.29, 0.717) is 17.3 Å². The molecule has 0 aliphatic rings. The van der Waals surface area contributed by atoms with Gasteiger partial charge < -0.3 is 14.5 Å². The fourth-order valence-corrected chi connectivity index (χ4v) is 1.87. The summed E-state index contributed by atoms with van der Waals surface area (Å²) in [5.41, 5.74) is 1.45. The van der Waals surface area contributed by atoms with Gasteiger partial charge in [-0.05, 0) is 17.1 Å². The van der Waals surface area contributed by atoms with Crippen LogP contribution in [0.25, 0.3) is 5.65 Å². The summed E-state index contributed by atoms with van der Waals surface area (Å²) in [6.45, 7) is 0.306. The molecule has 0 aromatic carbocycles. The van der Waals surface area contributed by atoms with Crippen molar-refractivity contribution in [3.63, 3.8) is 0 Å². The Labute approximate surface area is 111 Å². The van der Waals surface area contributed by atoms with E-state index < -0.39 is 10.9 Å². The molecule has 0 unspecified atom stereocenters. The highest BCUT2D eigenvalue weighted by molar-refractivity contribution is 6.30. The smallest absolute Gasteiger partial charge is 0.390 e. The molecule has 0 radical (unpaired) electrons. The number of nitro groups is 1. The first-order valence-corrected chi connectivity index (χ1v) is 5.66. The molecule has 8 nitrogen and oxygen atoms in total. The van der Waals surface area contributed by atoms with Crippen LogP contribution >= 0.6 is 11.6 Å². The molecule has 96 valence electrons. The Bertz CT molecular complexity index is 764. The summed E-state index contributed by atoms with van der Waals surface area (Å²) < 4.78 is 3.14. The molecule has 0 atom stereocenters. The first-order valence-electron chi connectivity index (χ1n) is 5.29. The van der Waals surface area contributed by atoms with Crippen LogP contribution in [0.4, 0.5) is 5.95 Å². The van der Waals surface area contributed by atoms with Crippen LogP contribution in [0.5, 0.6) is 0 Å². The van der Waals surface area contributed by atoms with Crippen LogP contribution in [0.1, 0.15) is 5.69 Å². The highest BCUT2D eigenvalue weighted by Crippen LogP contribution is 2.12. The summed E-state index contributed by atoms with van der Waals surface area (Å²) in [5.74, 6) is -0.424. The lowest BCUT2D eigenvalue weighted by atomic mass is 10.5. The van der Waals surface area contributed by atoms with E-state index in [1.54, 1.807) is 28.9 Å². The SMILES string of the molecule is O=[N+]([O-])c1ncn(Cc2cn3cc(Cl)ccc3n2)n1. The van der Waals surface area contributed by atoms with E-state index in [-0.39, 0.29) is 0 Å². The van der Waals surface area contributed by atoms with Crippen molar-refractivity contribution in [3.05, 3.63) is 51.7 Å². The van der Waals surface area contributed by atoms with E-state index in [1.807, 2.05) is 0 Å². The van der Waals surface area contributed by atoms with Crippen molar-refractivity contribution < 1.29 is 4.92 Å². The lowest BCUT2D eigenvalue weighted by molar-refractivity contribution is -0.394. The van der Waals surface area contributed by atoms with Crippen molar-refractivity contribution in [2.45, 2.75) is 6.54 Å². The van der Waals surface area contributed by atoms with Crippen molar-refractivity contribution in [2.24, 2.45) is 0 Å². The normalized spacial score (nSPS) is 11.0. The second kappa shape index (κ2) is 4.32. The van der Waals surface area contributed by atoms with Gasteiger partial charge in [-0.3, -0.25) is 0 Å². The maximum Gasteiger partial charge on any atom is 0.490 e. The summed E-state index contributed by atoms with van der Waals surface area (Å²) in [5, 5.41) is 14.8. The first-order chi connectivity index (χ1) is 9.11. The second-order valence-corrected chi connectivity index (χ2v) is 4.28. The van der Waals surface area contributed by atoms with Gasteiger partial charge in [0.25, 0.3) is 0 Å². The summed E-state index contributed by atoms with van der Waals surface area (Å²) in [7, 11) is 0. The van der Waals surface area contributed by atoms with Crippen LogP contribution in [-0.4, -0.2) is 29.1 Å². The third kappa shape index (κ3) is 2.25. The van der Waals surface area contributed by atoms with E-state index >= 15 is 0 Å². The minimum absolute atomic E-state index is 0.306. The van der Waals surface area contributed by atoms with Gasteiger partial charge >= 0.3 is 5.95 Å². The number of halogens is 1. The first kappa shape index (κ1) is 11.6. The maximum atomic E-state index is 10.5. The van der Waals surface area contributed by atoms with E-state index in [1.165, 1.54) is 11.0 Å². The topological polar surface area (TPSA) is 91.2 Å². The van der Waals surface area contributed by atoms with Crippen molar-refractivity contribution in [2.75, 3.05) is 0 Å². The monoisotopic (exact) mass is 278 g/mol. The van der Waals surface area contributed by atoms with Crippen LogP contribution in [0, 0.1) is 10.1 Å². The fraction of sp³-hybridized carbons (Fsp3) is 0.100. The van der Waals surface area contributed by atoms with Crippen molar-refractivity contribution in [1.82, 2.24) is 24.1 Å². The van der Waals surface area contributed by atoms with Gasteiger partial charge in [0.2, 0.25) is 6.33 Å². The lowest BCUT2D eigenvalue weighted by Gasteiger charge is -1.91. The van der Waals surface area contributed by atoms with Crippen molar-refractivity contribution in [1.29, 1.82) is 0 Å². The van der Waals surface area contributed by atoms with Crippen LogP contribution in [-0.2, 0) is 6.54 Å². The zero-order chi connectivity index (χ0) is 13.4. The number of pyridine rings is 1. The molecule has 0 N–H and O–H groups in total. The molecule has 0 saturated carbocycles. The number of nitrogens with zero attached hydrogens (tertiary/aromatic N) is 6. The summed E-state index contributed by atoms with van der Waals surface area (Å²) in [6, 6.07) is 3.53. The average Bonchev–Trinajstić information content (AvgIpc) is 2.95. The summed E-state index contributed by atoms with van der Waals surface area (Å²) in [4.78, 5) is 17.8. The fourth-order valence-electron chi connectivity index (χ4n) is 1.70. The maximum absolute atomic E-state index is 10.5. The van der Waals surface area contributed by atoms with Crippen molar-refractivity contribution >= 4 is 23.2 Å². The van der Waals surface area contributed by atoms with Gasteiger partial charge in [0, 0.05) is 17.5 Å². The molecule has 0 bridgehead atoms. The third-order valence-corrected chi connectivity index (χ3v) is 2.70.